The molecule has 1 aliphatic heterocycles. The average Bonchev–Trinajstić information content (AvgIpc) is 3.01. The van der Waals surface area contributed by atoms with Crippen molar-refractivity contribution >= 4 is 35.5 Å². The summed E-state index contributed by atoms with van der Waals surface area (Å²) in [6, 6.07) is -5.15. The Morgan fingerprint density at radius 3 is 2.11 bits per heavy atom. The number of likely N-dealkylation sites (N-methyl/N-ethyl adjacent to an activating group) is 1. The molecule has 1 saturated heterocycles. The molecule has 7 N–H and O–H groups in total. The Labute approximate surface area is 272 Å². The summed E-state index contributed by atoms with van der Waals surface area (Å²) in [7, 11) is 2.84. The van der Waals surface area contributed by atoms with Crippen molar-refractivity contribution in [3.05, 3.63) is 0 Å². The van der Waals surface area contributed by atoms with Crippen LogP contribution in [0.1, 0.15) is 80.1 Å². The number of ether oxygens (including phenoxy) is 2. The van der Waals surface area contributed by atoms with Gasteiger partial charge in [-0.15, -0.1) is 0 Å². The van der Waals surface area contributed by atoms with E-state index in [-0.39, 0.29) is 18.9 Å². The molecule has 5 amide bonds. The van der Waals surface area contributed by atoms with Crippen LogP contribution in [0.2, 0.25) is 0 Å². The molecule has 264 valence electrons. The molecule has 0 aromatic heterocycles. The highest BCUT2D eigenvalue weighted by Crippen LogP contribution is 2.21. The summed E-state index contributed by atoms with van der Waals surface area (Å²) in [5.74, 6) is -5.28. The first-order chi connectivity index (χ1) is 21.6. The molecule has 0 radical (unpaired) electrons. The number of hydrogen-bond donors (Lipinski definition) is 6. The highest BCUT2D eigenvalue weighted by molar-refractivity contribution is 5.96. The van der Waals surface area contributed by atoms with Gasteiger partial charge in [-0.3, -0.25) is 28.8 Å². The van der Waals surface area contributed by atoms with Crippen molar-refractivity contribution in [1.82, 2.24) is 26.2 Å². The predicted molar refractivity (Wildman–Crippen MR) is 170 cm³/mol. The van der Waals surface area contributed by atoms with E-state index in [1.807, 2.05) is 13.8 Å². The van der Waals surface area contributed by atoms with Crippen LogP contribution in [0.5, 0.6) is 0 Å². The molecule has 46 heavy (non-hydrogen) atoms. The number of rotatable bonds is 11. The normalized spacial score (nSPS) is 27.8. The fourth-order valence-corrected chi connectivity index (χ4v) is 5.12. The van der Waals surface area contributed by atoms with Gasteiger partial charge in [0, 0.05) is 20.7 Å². The number of esters is 1. The highest BCUT2D eigenvalue weighted by Gasteiger charge is 2.38. The van der Waals surface area contributed by atoms with Crippen LogP contribution in [-0.4, -0.2) is 115 Å². The van der Waals surface area contributed by atoms with Crippen LogP contribution >= 0.6 is 0 Å². The van der Waals surface area contributed by atoms with Crippen LogP contribution in [-0.2, 0) is 38.2 Å². The fraction of sp³-hybridized carbons (Fsp3) is 0.806. The average molecular weight is 657 g/mol. The van der Waals surface area contributed by atoms with Crippen LogP contribution in [0.15, 0.2) is 0 Å². The monoisotopic (exact) mass is 656 g/mol. The van der Waals surface area contributed by atoms with Crippen LogP contribution < -0.4 is 27.0 Å². The van der Waals surface area contributed by atoms with Crippen LogP contribution in [0.4, 0.5) is 0 Å². The Morgan fingerprint density at radius 2 is 1.57 bits per heavy atom. The number of nitrogens with one attached hydrogen (secondary N) is 4. The van der Waals surface area contributed by atoms with Crippen molar-refractivity contribution in [3.8, 4) is 0 Å². The summed E-state index contributed by atoms with van der Waals surface area (Å²) in [4.78, 5) is 81.3. The molecule has 0 bridgehead atoms. The number of aliphatic hydroxyl groups excluding tert-OH is 1. The van der Waals surface area contributed by atoms with Crippen molar-refractivity contribution in [2.24, 2.45) is 17.6 Å². The van der Waals surface area contributed by atoms with E-state index in [0.29, 0.717) is 12.8 Å². The third-order valence-electron chi connectivity index (χ3n) is 8.14. The van der Waals surface area contributed by atoms with Gasteiger partial charge in [-0.05, 0) is 39.0 Å². The van der Waals surface area contributed by atoms with Crippen LogP contribution in [0.3, 0.4) is 0 Å². The quantitative estimate of drug-likeness (QED) is 0.122. The van der Waals surface area contributed by atoms with Gasteiger partial charge in [-0.1, -0.05) is 47.0 Å². The number of nitrogens with zero attached hydrogens (tertiary/aromatic N) is 1. The molecule has 0 aromatic carbocycles. The third kappa shape index (κ3) is 12.5. The van der Waals surface area contributed by atoms with E-state index < -0.39 is 90.4 Å². The molecule has 1 fully saturated rings. The Hall–Kier alpha value is -3.30. The molecule has 1 aliphatic rings. The maximum atomic E-state index is 13.8. The number of methoxy groups -OCH3 is 1. The number of aliphatic hydroxyl groups is 1. The van der Waals surface area contributed by atoms with Crippen molar-refractivity contribution in [1.29, 1.82) is 0 Å². The van der Waals surface area contributed by atoms with E-state index in [4.69, 9.17) is 15.2 Å². The van der Waals surface area contributed by atoms with Gasteiger partial charge in [-0.25, -0.2) is 0 Å². The second-order valence-electron chi connectivity index (χ2n) is 12.4. The minimum Gasteiger partial charge on any atom is -0.460 e. The lowest BCUT2D eigenvalue weighted by Gasteiger charge is -2.34. The molecule has 0 spiro atoms. The van der Waals surface area contributed by atoms with Crippen LogP contribution in [0.25, 0.3) is 0 Å². The molecule has 15 nitrogen and oxygen atoms in total. The van der Waals surface area contributed by atoms with Crippen molar-refractivity contribution < 1.29 is 43.3 Å². The summed E-state index contributed by atoms with van der Waals surface area (Å²) in [6.07, 6.45) is 1.01. The van der Waals surface area contributed by atoms with E-state index in [0.717, 1.165) is 19.3 Å². The molecule has 0 aromatic rings. The van der Waals surface area contributed by atoms with Gasteiger partial charge in [-0.2, -0.15) is 0 Å². The second kappa shape index (κ2) is 20.0. The Balaban J connectivity index is 3.62. The highest BCUT2D eigenvalue weighted by atomic mass is 16.5. The molecule has 1 rings (SSSR count). The van der Waals surface area contributed by atoms with Gasteiger partial charge in [0.2, 0.25) is 29.5 Å². The molecule has 0 saturated carbocycles. The largest absolute Gasteiger partial charge is 0.460 e. The lowest BCUT2D eigenvalue weighted by molar-refractivity contribution is -0.157. The lowest BCUT2D eigenvalue weighted by Crippen LogP contribution is -2.63. The fourth-order valence-electron chi connectivity index (χ4n) is 5.12. The minimum absolute atomic E-state index is 0.0199. The standard InChI is InChI=1S/C31H56N6O9/c1-9-10-11-12-13-23-18(4)31(44)37(7)22(14-17(2)3)28(41)36-26(20(6)45-8)30(43)34-21(15-32)27(40)35-25(19(5)38)29(42)33-16-24(39)46-23/h17-23,25-26,38H,9-16,32H2,1-8H3,(H,33,42)(H,34,43)(H,35,40)(H,36,41)/t18-,19+,20-,21+,22+,23-,25+,26+/m1/s1. The summed E-state index contributed by atoms with van der Waals surface area (Å²) in [5.41, 5.74) is 5.77. The molecule has 0 unspecified atom stereocenters. The minimum atomic E-state index is -1.50. The molecule has 8 atom stereocenters. The van der Waals surface area contributed by atoms with E-state index in [9.17, 15) is 33.9 Å². The molecular weight excluding hydrogens is 600 g/mol. The van der Waals surface area contributed by atoms with Gasteiger partial charge >= 0.3 is 5.97 Å². The predicted octanol–water partition coefficient (Wildman–Crippen LogP) is -0.664. The summed E-state index contributed by atoms with van der Waals surface area (Å²) in [6.45, 7) is 9.31. The first-order valence-electron chi connectivity index (χ1n) is 16.1. The number of amides is 5. The first-order valence-corrected chi connectivity index (χ1v) is 16.1. The number of carbonyl (C=O) groups is 6. The topological polar surface area (TPSA) is 218 Å². The van der Waals surface area contributed by atoms with Crippen molar-refractivity contribution in [2.75, 3.05) is 27.2 Å². The lowest BCUT2D eigenvalue weighted by atomic mass is 9.95. The Bertz CT molecular complexity index is 1040. The second-order valence-corrected chi connectivity index (χ2v) is 12.4. The molecule has 0 aliphatic carbocycles. The third-order valence-corrected chi connectivity index (χ3v) is 8.14. The maximum absolute atomic E-state index is 13.8. The maximum Gasteiger partial charge on any atom is 0.325 e. The number of cyclic esters (lactones) is 1. The van der Waals surface area contributed by atoms with E-state index in [1.165, 1.54) is 26.0 Å². The number of nitrogens with two attached hydrogens (primary N) is 1. The zero-order valence-electron chi connectivity index (χ0n) is 28.6. The Morgan fingerprint density at radius 1 is 0.935 bits per heavy atom. The number of unbranched alkanes of at least 4 members (excludes halogenated alkanes) is 3. The van der Waals surface area contributed by atoms with E-state index >= 15 is 0 Å². The van der Waals surface area contributed by atoms with Gasteiger partial charge in [0.15, 0.2) is 0 Å². The first kappa shape index (κ1) is 40.7. The zero-order chi connectivity index (χ0) is 35.1. The SMILES string of the molecule is CCCCCC[C@H]1OC(=O)CNC(=O)[C@H]([C@H](C)O)NC(=O)[C@H](CN)NC(=O)[C@H]([C@@H](C)OC)NC(=O)[C@H](CC(C)C)N(C)C(=O)[C@@H]1C. The van der Waals surface area contributed by atoms with E-state index in [1.54, 1.807) is 13.8 Å². The molecule has 1 heterocycles. The zero-order valence-corrected chi connectivity index (χ0v) is 28.6. The number of hydrogen-bond acceptors (Lipinski definition) is 10. The Kier molecular flexibility index (Phi) is 17.7. The smallest absolute Gasteiger partial charge is 0.325 e. The van der Waals surface area contributed by atoms with Gasteiger partial charge in [0.25, 0.3) is 0 Å². The molecule has 15 heteroatoms. The van der Waals surface area contributed by atoms with Gasteiger partial charge in [0.1, 0.15) is 36.8 Å². The summed E-state index contributed by atoms with van der Waals surface area (Å²) < 4.78 is 11.1. The van der Waals surface area contributed by atoms with Gasteiger partial charge < -0.3 is 46.5 Å². The number of carbonyl (C=O) groups excluding carboxylic acids is 6. The molecular formula is C31H56N6O9. The van der Waals surface area contributed by atoms with E-state index in [2.05, 4.69) is 28.2 Å². The summed E-state index contributed by atoms with van der Waals surface area (Å²) in [5, 5.41) is 20.1. The van der Waals surface area contributed by atoms with Crippen molar-refractivity contribution in [2.45, 2.75) is 123 Å². The van der Waals surface area contributed by atoms with Crippen molar-refractivity contribution in [3.63, 3.8) is 0 Å². The van der Waals surface area contributed by atoms with Crippen LogP contribution in [0, 0.1) is 11.8 Å². The van der Waals surface area contributed by atoms with Gasteiger partial charge in [0.05, 0.1) is 18.1 Å². The summed E-state index contributed by atoms with van der Waals surface area (Å²) >= 11 is 0.